The number of methoxy groups -OCH3 is 1. The quantitative estimate of drug-likeness (QED) is 0.152. The summed E-state index contributed by atoms with van der Waals surface area (Å²) < 4.78 is 39.8. The summed E-state index contributed by atoms with van der Waals surface area (Å²) in [6, 6.07) is 11.7. The molecule has 3 heterocycles. The molecule has 0 amide bonds. The van der Waals surface area contributed by atoms with Crippen LogP contribution in [0.5, 0.6) is 11.5 Å². The fraction of sp³-hybridized carbons (Fsp3) is 0.424. The molecule has 0 bridgehead atoms. The van der Waals surface area contributed by atoms with E-state index in [4.69, 9.17) is 21.1 Å². The van der Waals surface area contributed by atoms with Crippen molar-refractivity contribution in [3.8, 4) is 11.5 Å². The lowest BCUT2D eigenvalue weighted by atomic mass is 9.87. The largest absolute Gasteiger partial charge is 0.497 e. The summed E-state index contributed by atoms with van der Waals surface area (Å²) in [6.07, 6.45) is 5.23. The van der Waals surface area contributed by atoms with E-state index in [0.717, 1.165) is 48.5 Å². The van der Waals surface area contributed by atoms with Gasteiger partial charge in [0, 0.05) is 0 Å². The minimum absolute atomic E-state index is 0.0386. The summed E-state index contributed by atoms with van der Waals surface area (Å²) in [5.41, 5.74) is 4.36. The number of aromatic nitrogens is 4. The Balaban J connectivity index is 1.45. The van der Waals surface area contributed by atoms with E-state index in [1.54, 1.807) is 31.8 Å². The third-order valence-electron chi connectivity index (χ3n) is 7.88. The predicted octanol–water partition coefficient (Wildman–Crippen LogP) is 6.62. The average molecular weight is 668 g/mol. The Labute approximate surface area is 276 Å². The number of nitrogens with one attached hydrogen (secondary N) is 3. The minimum atomic E-state index is -3.75. The molecule has 3 N–H and O–H groups in total. The van der Waals surface area contributed by atoms with Crippen LogP contribution in [0.2, 0.25) is 5.02 Å². The van der Waals surface area contributed by atoms with Crippen LogP contribution in [-0.4, -0.2) is 59.7 Å². The summed E-state index contributed by atoms with van der Waals surface area (Å²) in [5.74, 6) is 2.42. The van der Waals surface area contributed by atoms with E-state index in [9.17, 15) is 8.42 Å². The smallest absolute Gasteiger partial charge is 0.229 e. The van der Waals surface area contributed by atoms with Gasteiger partial charge >= 0.3 is 0 Å². The van der Waals surface area contributed by atoms with Crippen LogP contribution in [0, 0.1) is 6.92 Å². The normalized spacial score (nSPS) is 14.1. The van der Waals surface area contributed by atoms with E-state index in [0.29, 0.717) is 18.2 Å². The Kier molecular flexibility index (Phi) is 10.4. The first-order chi connectivity index (χ1) is 21.9. The third-order valence-corrected chi connectivity index (χ3v) is 10.2. The molecular formula is C33H42ClN7O4S. The molecule has 246 valence electrons. The standard InChI is InChI=1S/C33H42ClN7O4S/c1-20(2)45-30-16-26(24-11-13-35-14-12-24)22(5)15-28(30)38-33-36-17-27(34)31(39-33)37-29-19-41(40-32(29)46(42,43)21(3)4)18-23-7-9-25(44-6)10-8-23/h7-10,15-17,19-21,24,35H,11-14,18H2,1-6H3,(H2,36,37,38,39). The zero-order chi connectivity index (χ0) is 33.0. The number of sulfone groups is 1. The fourth-order valence-corrected chi connectivity index (χ4v) is 6.62. The number of hydrogen-bond acceptors (Lipinski definition) is 10. The number of hydrogen-bond donors (Lipinski definition) is 3. The van der Waals surface area contributed by atoms with Gasteiger partial charge in [-0.2, -0.15) is 10.1 Å². The number of piperidine rings is 1. The molecule has 0 atom stereocenters. The van der Waals surface area contributed by atoms with E-state index in [2.05, 4.69) is 50.1 Å². The summed E-state index contributed by atoms with van der Waals surface area (Å²) in [6.45, 7) is 11.7. The van der Waals surface area contributed by atoms with Gasteiger partial charge in [-0.25, -0.2) is 13.4 Å². The first kappa shape index (κ1) is 33.5. The van der Waals surface area contributed by atoms with E-state index >= 15 is 0 Å². The molecule has 1 fully saturated rings. The monoisotopic (exact) mass is 667 g/mol. The van der Waals surface area contributed by atoms with Crippen LogP contribution in [0.25, 0.3) is 0 Å². The van der Waals surface area contributed by atoms with Gasteiger partial charge in [0.2, 0.25) is 20.8 Å². The van der Waals surface area contributed by atoms with E-state index < -0.39 is 15.1 Å². The molecule has 0 radical (unpaired) electrons. The third kappa shape index (κ3) is 7.73. The van der Waals surface area contributed by atoms with Gasteiger partial charge in [0.05, 0.1) is 48.8 Å². The number of ether oxygens (including phenoxy) is 2. The van der Waals surface area contributed by atoms with Crippen molar-refractivity contribution in [2.24, 2.45) is 0 Å². The molecule has 1 saturated heterocycles. The highest BCUT2D eigenvalue weighted by molar-refractivity contribution is 7.92. The molecule has 0 aliphatic carbocycles. The van der Waals surface area contributed by atoms with Crippen molar-refractivity contribution in [1.29, 1.82) is 0 Å². The van der Waals surface area contributed by atoms with Crippen LogP contribution in [0.4, 0.5) is 23.1 Å². The van der Waals surface area contributed by atoms with Crippen LogP contribution in [0.3, 0.4) is 0 Å². The predicted molar refractivity (Wildman–Crippen MR) is 182 cm³/mol. The van der Waals surface area contributed by atoms with Gasteiger partial charge in [-0.15, -0.1) is 0 Å². The van der Waals surface area contributed by atoms with E-state index in [-0.39, 0.29) is 33.6 Å². The zero-order valence-corrected chi connectivity index (χ0v) is 28.7. The number of anilines is 4. The Hall–Kier alpha value is -3.87. The Morgan fingerprint density at radius 2 is 1.78 bits per heavy atom. The van der Waals surface area contributed by atoms with Crippen molar-refractivity contribution >= 4 is 44.6 Å². The number of halogens is 1. The van der Waals surface area contributed by atoms with Gasteiger partial charge in [0.25, 0.3) is 0 Å². The van der Waals surface area contributed by atoms with Crippen molar-refractivity contribution in [3.63, 3.8) is 0 Å². The number of benzene rings is 2. The first-order valence-electron chi connectivity index (χ1n) is 15.5. The van der Waals surface area contributed by atoms with E-state index in [1.165, 1.54) is 11.8 Å². The molecule has 4 aromatic rings. The van der Waals surface area contributed by atoms with Crippen molar-refractivity contribution in [1.82, 2.24) is 25.1 Å². The Bertz CT molecular complexity index is 1770. The maximum absolute atomic E-state index is 13.4. The van der Waals surface area contributed by atoms with Crippen LogP contribution in [-0.2, 0) is 16.4 Å². The van der Waals surface area contributed by atoms with Gasteiger partial charge in [-0.05, 0) is 107 Å². The lowest BCUT2D eigenvalue weighted by Crippen LogP contribution is -2.27. The molecule has 2 aromatic carbocycles. The molecule has 46 heavy (non-hydrogen) atoms. The maximum atomic E-state index is 13.4. The Morgan fingerprint density at radius 3 is 2.43 bits per heavy atom. The van der Waals surface area contributed by atoms with Crippen molar-refractivity contribution in [2.45, 2.75) is 76.3 Å². The zero-order valence-electron chi connectivity index (χ0n) is 27.1. The SMILES string of the molecule is COc1ccc(Cn2cc(Nc3nc(Nc4cc(C)c(C5CCNCC5)cc4OC(C)C)ncc3Cl)c(S(=O)(=O)C(C)C)n2)cc1. The first-order valence-corrected chi connectivity index (χ1v) is 17.4. The topological polar surface area (TPSA) is 132 Å². The van der Waals surface area contributed by atoms with Crippen molar-refractivity contribution < 1.29 is 17.9 Å². The second-order valence-electron chi connectivity index (χ2n) is 12.0. The summed E-state index contributed by atoms with van der Waals surface area (Å²) in [7, 11) is -2.15. The van der Waals surface area contributed by atoms with Gasteiger partial charge in [-0.1, -0.05) is 23.7 Å². The van der Waals surface area contributed by atoms with E-state index in [1.807, 2.05) is 38.1 Å². The minimum Gasteiger partial charge on any atom is -0.497 e. The molecule has 13 heteroatoms. The van der Waals surface area contributed by atoms with Crippen LogP contribution >= 0.6 is 11.6 Å². The lowest BCUT2D eigenvalue weighted by molar-refractivity contribution is 0.243. The highest BCUT2D eigenvalue weighted by Crippen LogP contribution is 2.38. The van der Waals surface area contributed by atoms with Gasteiger partial charge in [0.1, 0.15) is 16.5 Å². The summed E-state index contributed by atoms with van der Waals surface area (Å²) >= 11 is 6.54. The molecular weight excluding hydrogens is 626 g/mol. The van der Waals surface area contributed by atoms with Gasteiger partial charge in [-0.3, -0.25) is 4.68 Å². The van der Waals surface area contributed by atoms with Crippen molar-refractivity contribution in [3.05, 3.63) is 70.5 Å². The van der Waals surface area contributed by atoms with Crippen molar-refractivity contribution in [2.75, 3.05) is 30.8 Å². The number of aryl methyl sites for hydroxylation is 1. The highest BCUT2D eigenvalue weighted by Gasteiger charge is 2.28. The van der Waals surface area contributed by atoms with Gasteiger partial charge in [0.15, 0.2) is 5.82 Å². The molecule has 0 unspecified atom stereocenters. The molecule has 1 aliphatic rings. The molecule has 1 aliphatic heterocycles. The lowest BCUT2D eigenvalue weighted by Gasteiger charge is -2.26. The highest BCUT2D eigenvalue weighted by atomic mass is 35.5. The van der Waals surface area contributed by atoms with Crippen LogP contribution < -0.4 is 25.4 Å². The van der Waals surface area contributed by atoms with Gasteiger partial charge < -0.3 is 25.4 Å². The second-order valence-corrected chi connectivity index (χ2v) is 14.9. The molecule has 5 rings (SSSR count). The maximum Gasteiger partial charge on any atom is 0.229 e. The van der Waals surface area contributed by atoms with Crippen LogP contribution in [0.1, 0.15) is 63.1 Å². The summed E-state index contributed by atoms with van der Waals surface area (Å²) in [4.78, 5) is 9.04. The second kappa shape index (κ2) is 14.3. The van der Waals surface area contributed by atoms with Crippen LogP contribution in [0.15, 0.2) is 53.8 Å². The summed E-state index contributed by atoms with van der Waals surface area (Å²) in [5, 5.41) is 13.8. The number of nitrogens with zero attached hydrogens (tertiary/aromatic N) is 4. The molecule has 11 nitrogen and oxygen atoms in total. The average Bonchev–Trinajstić information content (AvgIpc) is 3.43. The number of rotatable bonds is 12. The molecule has 0 saturated carbocycles. The fourth-order valence-electron chi connectivity index (χ4n) is 5.41. The Morgan fingerprint density at radius 1 is 1.07 bits per heavy atom. The molecule has 0 spiro atoms. The molecule has 2 aromatic heterocycles.